The van der Waals surface area contributed by atoms with Crippen molar-refractivity contribution in [2.24, 2.45) is 5.73 Å². The summed E-state index contributed by atoms with van der Waals surface area (Å²) < 4.78 is 0. The molecule has 0 aromatic heterocycles. The monoisotopic (exact) mass is 280 g/mol. The van der Waals surface area contributed by atoms with Gasteiger partial charge in [-0.15, -0.1) is 0 Å². The number of nitrogens with two attached hydrogens (primary N) is 1. The average molecular weight is 280 g/mol. The minimum absolute atomic E-state index is 0.0351. The molecule has 0 saturated heterocycles. The van der Waals surface area contributed by atoms with Crippen molar-refractivity contribution in [3.05, 3.63) is 33.9 Å². The molecule has 0 aliphatic rings. The summed E-state index contributed by atoms with van der Waals surface area (Å²) in [6.07, 6.45) is 0. The van der Waals surface area contributed by atoms with Crippen molar-refractivity contribution >= 4 is 23.2 Å². The molecule has 2 amide bonds. The summed E-state index contributed by atoms with van der Waals surface area (Å²) in [7, 11) is 0. The Kier molecular flexibility index (Phi) is 5.01. The van der Waals surface area contributed by atoms with E-state index < -0.39 is 16.9 Å². The lowest BCUT2D eigenvalue weighted by molar-refractivity contribution is -0.384. The summed E-state index contributed by atoms with van der Waals surface area (Å²) in [5.41, 5.74) is 4.95. The van der Waals surface area contributed by atoms with Crippen LogP contribution in [-0.4, -0.2) is 29.3 Å². The second-order valence-corrected chi connectivity index (χ2v) is 4.11. The minimum atomic E-state index is -0.753. The number of nitro benzene ring substituents is 1. The van der Waals surface area contributed by atoms with Crippen molar-refractivity contribution in [3.8, 4) is 0 Å². The molecule has 0 bridgehead atoms. The first kappa shape index (κ1) is 15.4. The maximum absolute atomic E-state index is 11.6. The van der Waals surface area contributed by atoms with E-state index in [9.17, 15) is 19.7 Å². The van der Waals surface area contributed by atoms with E-state index in [0.717, 1.165) is 6.07 Å². The first-order valence-electron chi connectivity index (χ1n) is 5.99. The Morgan fingerprint density at radius 1 is 1.45 bits per heavy atom. The lowest BCUT2D eigenvalue weighted by atomic mass is 10.1. The van der Waals surface area contributed by atoms with Crippen molar-refractivity contribution < 1.29 is 14.5 Å². The highest BCUT2D eigenvalue weighted by molar-refractivity contribution is 5.94. The van der Waals surface area contributed by atoms with Crippen LogP contribution in [-0.2, 0) is 4.79 Å². The normalized spacial score (nSPS) is 11.5. The summed E-state index contributed by atoms with van der Waals surface area (Å²) >= 11 is 0. The number of carbonyl (C=O) groups excluding carboxylic acids is 2. The van der Waals surface area contributed by atoms with E-state index in [2.05, 4.69) is 10.6 Å². The standard InChI is InChI=1S/C12H16N4O4/c1-3-14-12(18)7(2)15-9-5-4-8(11(13)17)6-10(9)16(19)20/h4-7,15H,3H2,1-2H3,(H2,13,17)(H,14,18). The number of amides is 2. The number of primary amides is 1. The molecule has 0 aliphatic carbocycles. The molecule has 4 N–H and O–H groups in total. The minimum Gasteiger partial charge on any atom is -0.368 e. The number of rotatable bonds is 6. The van der Waals surface area contributed by atoms with Crippen molar-refractivity contribution in [2.45, 2.75) is 19.9 Å². The Balaban J connectivity index is 3.03. The van der Waals surface area contributed by atoms with Crippen LogP contribution in [0.1, 0.15) is 24.2 Å². The van der Waals surface area contributed by atoms with E-state index in [1.165, 1.54) is 12.1 Å². The van der Waals surface area contributed by atoms with Crippen LogP contribution in [0.5, 0.6) is 0 Å². The fourth-order valence-electron chi connectivity index (χ4n) is 1.58. The zero-order valence-electron chi connectivity index (χ0n) is 11.2. The molecule has 0 fully saturated rings. The molecule has 0 aliphatic heterocycles. The second-order valence-electron chi connectivity index (χ2n) is 4.11. The quantitative estimate of drug-likeness (QED) is 0.520. The summed E-state index contributed by atoms with van der Waals surface area (Å²) in [6.45, 7) is 3.82. The van der Waals surface area contributed by atoms with Crippen molar-refractivity contribution in [2.75, 3.05) is 11.9 Å². The van der Waals surface area contributed by atoms with Gasteiger partial charge in [-0.1, -0.05) is 0 Å². The third-order valence-electron chi connectivity index (χ3n) is 2.60. The third-order valence-corrected chi connectivity index (χ3v) is 2.60. The van der Waals surface area contributed by atoms with Gasteiger partial charge in [-0.25, -0.2) is 0 Å². The Morgan fingerprint density at radius 2 is 2.10 bits per heavy atom. The highest BCUT2D eigenvalue weighted by Crippen LogP contribution is 2.26. The molecule has 20 heavy (non-hydrogen) atoms. The molecular weight excluding hydrogens is 264 g/mol. The van der Waals surface area contributed by atoms with Gasteiger partial charge >= 0.3 is 0 Å². The van der Waals surface area contributed by atoms with Crippen LogP contribution in [0.15, 0.2) is 18.2 Å². The summed E-state index contributed by atoms with van der Waals surface area (Å²) in [5, 5.41) is 16.3. The molecule has 108 valence electrons. The van der Waals surface area contributed by atoms with Gasteiger partial charge in [0.05, 0.1) is 4.92 Å². The zero-order chi connectivity index (χ0) is 15.3. The lowest BCUT2D eigenvalue weighted by Gasteiger charge is -2.14. The smallest absolute Gasteiger partial charge is 0.293 e. The largest absolute Gasteiger partial charge is 0.368 e. The maximum atomic E-state index is 11.6. The first-order valence-corrected chi connectivity index (χ1v) is 5.99. The Hall–Kier alpha value is -2.64. The van der Waals surface area contributed by atoms with Gasteiger partial charge in [0.25, 0.3) is 5.69 Å². The number of carbonyl (C=O) groups is 2. The average Bonchev–Trinajstić information content (AvgIpc) is 2.38. The van der Waals surface area contributed by atoms with Gasteiger partial charge in [-0.3, -0.25) is 19.7 Å². The predicted molar refractivity (Wildman–Crippen MR) is 73.4 cm³/mol. The zero-order valence-corrected chi connectivity index (χ0v) is 11.2. The summed E-state index contributed by atoms with van der Waals surface area (Å²) in [6, 6.07) is 3.15. The number of anilines is 1. The van der Waals surface area contributed by atoms with Gasteiger partial charge in [0, 0.05) is 18.2 Å². The highest BCUT2D eigenvalue weighted by Gasteiger charge is 2.20. The topological polar surface area (TPSA) is 127 Å². The molecule has 1 aromatic rings. The Labute approximate surface area is 115 Å². The van der Waals surface area contributed by atoms with Gasteiger partial charge < -0.3 is 16.4 Å². The van der Waals surface area contributed by atoms with E-state index in [1.54, 1.807) is 13.8 Å². The third kappa shape index (κ3) is 3.67. The van der Waals surface area contributed by atoms with Crippen molar-refractivity contribution in [1.29, 1.82) is 0 Å². The molecule has 0 heterocycles. The number of nitro groups is 1. The molecule has 0 saturated carbocycles. The number of hydrogen-bond acceptors (Lipinski definition) is 5. The number of nitrogens with one attached hydrogen (secondary N) is 2. The molecular formula is C12H16N4O4. The maximum Gasteiger partial charge on any atom is 0.293 e. The SMILES string of the molecule is CCNC(=O)C(C)Nc1ccc(C(N)=O)cc1[N+](=O)[O-]. The van der Waals surface area contributed by atoms with Crippen molar-refractivity contribution in [3.63, 3.8) is 0 Å². The molecule has 0 spiro atoms. The predicted octanol–water partition coefficient (Wildman–Crippen LogP) is 0.630. The summed E-state index contributed by atoms with van der Waals surface area (Å²) in [4.78, 5) is 33.0. The number of benzene rings is 1. The van der Waals surface area contributed by atoms with Crippen LogP contribution >= 0.6 is 0 Å². The first-order chi connectivity index (χ1) is 9.36. The van der Waals surface area contributed by atoms with Gasteiger partial charge in [-0.2, -0.15) is 0 Å². The fraction of sp³-hybridized carbons (Fsp3) is 0.333. The molecule has 1 atom stereocenters. The Bertz CT molecular complexity index is 544. The van der Waals surface area contributed by atoms with Crippen LogP contribution < -0.4 is 16.4 Å². The lowest BCUT2D eigenvalue weighted by Crippen LogP contribution is -2.37. The van der Waals surface area contributed by atoms with E-state index in [4.69, 9.17) is 5.73 Å². The van der Waals surface area contributed by atoms with Crippen LogP contribution in [0.4, 0.5) is 11.4 Å². The van der Waals surface area contributed by atoms with E-state index in [1.807, 2.05) is 0 Å². The van der Waals surface area contributed by atoms with Gasteiger partial charge in [0.1, 0.15) is 11.7 Å². The van der Waals surface area contributed by atoms with Crippen LogP contribution in [0.25, 0.3) is 0 Å². The van der Waals surface area contributed by atoms with Gasteiger partial charge in [0.15, 0.2) is 0 Å². The molecule has 1 rings (SSSR count). The fourth-order valence-corrected chi connectivity index (χ4v) is 1.58. The van der Waals surface area contributed by atoms with Gasteiger partial charge in [0.2, 0.25) is 11.8 Å². The highest BCUT2D eigenvalue weighted by atomic mass is 16.6. The molecule has 1 aromatic carbocycles. The molecule has 1 unspecified atom stereocenters. The summed E-state index contributed by atoms with van der Waals surface area (Å²) in [5.74, 6) is -1.03. The van der Waals surface area contributed by atoms with E-state index in [0.29, 0.717) is 6.54 Å². The number of likely N-dealkylation sites (N-methyl/N-ethyl adjacent to an activating group) is 1. The molecule has 0 radical (unpaired) electrons. The van der Waals surface area contributed by atoms with E-state index >= 15 is 0 Å². The van der Waals surface area contributed by atoms with Crippen LogP contribution in [0.3, 0.4) is 0 Å². The molecule has 8 heteroatoms. The van der Waals surface area contributed by atoms with E-state index in [-0.39, 0.29) is 22.8 Å². The number of nitrogens with zero attached hydrogens (tertiary/aromatic N) is 1. The van der Waals surface area contributed by atoms with Crippen LogP contribution in [0.2, 0.25) is 0 Å². The number of hydrogen-bond donors (Lipinski definition) is 3. The Morgan fingerprint density at radius 3 is 2.60 bits per heavy atom. The van der Waals surface area contributed by atoms with Crippen LogP contribution in [0, 0.1) is 10.1 Å². The second kappa shape index (κ2) is 6.50. The van der Waals surface area contributed by atoms with Crippen molar-refractivity contribution in [1.82, 2.24) is 5.32 Å². The molecule has 8 nitrogen and oxygen atoms in total. The van der Waals surface area contributed by atoms with Gasteiger partial charge in [-0.05, 0) is 26.0 Å².